The lowest BCUT2D eigenvalue weighted by atomic mass is 9.82. The molecule has 72 valence electrons. The molecule has 12 heavy (non-hydrogen) atoms. The maximum atomic E-state index is 11.1. The van der Waals surface area contributed by atoms with Gasteiger partial charge < -0.3 is 0 Å². The monoisotopic (exact) mass is 188 g/mol. The number of hydrogen-bond acceptors (Lipinski definition) is 1. The van der Waals surface area contributed by atoms with E-state index in [0.29, 0.717) is 5.41 Å². The van der Waals surface area contributed by atoms with Crippen molar-refractivity contribution in [1.82, 2.24) is 0 Å². The Hall–Kier alpha value is 0.150. The summed E-state index contributed by atoms with van der Waals surface area (Å²) in [6.07, 6.45) is 3.66. The summed E-state index contributed by atoms with van der Waals surface area (Å²) in [6, 6.07) is 0. The molecule has 1 nitrogen and oxygen atoms in total. The number of hydrogen-bond donors (Lipinski definition) is 0. The van der Waals surface area contributed by atoms with Crippen molar-refractivity contribution in [2.75, 3.05) is 11.5 Å². The normalized spacial score (nSPS) is 31.9. The largest absolute Gasteiger partial charge is 0.260 e. The van der Waals surface area contributed by atoms with Crippen molar-refractivity contribution in [2.24, 2.45) is 11.3 Å². The zero-order valence-electron chi connectivity index (χ0n) is 8.43. The van der Waals surface area contributed by atoms with Crippen molar-refractivity contribution in [3.8, 4) is 0 Å². The third-order valence-corrected chi connectivity index (χ3v) is 3.79. The van der Waals surface area contributed by atoms with Gasteiger partial charge in [-0.1, -0.05) is 20.8 Å². The molecule has 0 aromatic rings. The van der Waals surface area contributed by atoms with Crippen LogP contribution in [0.2, 0.25) is 0 Å². The lowest BCUT2D eigenvalue weighted by Gasteiger charge is -2.28. The van der Waals surface area contributed by atoms with Crippen LogP contribution in [-0.4, -0.2) is 15.7 Å². The highest BCUT2D eigenvalue weighted by molar-refractivity contribution is 7.85. The van der Waals surface area contributed by atoms with Crippen LogP contribution in [0.25, 0.3) is 0 Å². The van der Waals surface area contributed by atoms with Crippen LogP contribution in [0.4, 0.5) is 0 Å². The van der Waals surface area contributed by atoms with Crippen molar-refractivity contribution < 1.29 is 4.21 Å². The molecule has 0 bridgehead atoms. The van der Waals surface area contributed by atoms with Crippen molar-refractivity contribution in [2.45, 2.75) is 40.0 Å². The van der Waals surface area contributed by atoms with Crippen LogP contribution in [0.5, 0.6) is 0 Å². The predicted octanol–water partition coefficient (Wildman–Crippen LogP) is 2.58. The molecule has 1 aliphatic heterocycles. The van der Waals surface area contributed by atoms with E-state index in [1.54, 1.807) is 0 Å². The summed E-state index contributed by atoms with van der Waals surface area (Å²) in [7, 11) is -0.489. The van der Waals surface area contributed by atoms with Gasteiger partial charge in [-0.15, -0.1) is 0 Å². The van der Waals surface area contributed by atoms with Crippen LogP contribution < -0.4 is 0 Å². The SMILES string of the molecule is CC(C)(C)CC1CCS(=O)CC1. The van der Waals surface area contributed by atoms with Crippen LogP contribution in [-0.2, 0) is 10.8 Å². The van der Waals surface area contributed by atoms with Crippen LogP contribution in [0.15, 0.2) is 0 Å². The first-order valence-corrected chi connectivity index (χ1v) is 6.31. The summed E-state index contributed by atoms with van der Waals surface area (Å²) < 4.78 is 11.1. The minimum atomic E-state index is -0.489. The topological polar surface area (TPSA) is 17.1 Å². The van der Waals surface area contributed by atoms with E-state index in [-0.39, 0.29) is 0 Å². The summed E-state index contributed by atoms with van der Waals surface area (Å²) in [4.78, 5) is 0. The van der Waals surface area contributed by atoms with Gasteiger partial charge in [-0.25, -0.2) is 0 Å². The molecule has 1 fully saturated rings. The molecule has 0 aliphatic carbocycles. The van der Waals surface area contributed by atoms with Gasteiger partial charge in [0, 0.05) is 22.3 Å². The first-order chi connectivity index (χ1) is 5.47. The molecule has 0 saturated carbocycles. The van der Waals surface area contributed by atoms with Crippen LogP contribution in [0, 0.1) is 11.3 Å². The Morgan fingerprint density at radius 2 is 1.75 bits per heavy atom. The Bertz CT molecular complexity index is 159. The summed E-state index contributed by atoms with van der Waals surface area (Å²) in [5.41, 5.74) is 0.448. The Kier molecular flexibility index (Phi) is 3.33. The Morgan fingerprint density at radius 3 is 2.17 bits per heavy atom. The van der Waals surface area contributed by atoms with Gasteiger partial charge >= 0.3 is 0 Å². The van der Waals surface area contributed by atoms with E-state index in [9.17, 15) is 4.21 Å². The molecule has 0 aromatic heterocycles. The van der Waals surface area contributed by atoms with Crippen LogP contribution >= 0.6 is 0 Å². The van der Waals surface area contributed by atoms with Gasteiger partial charge in [-0.3, -0.25) is 4.21 Å². The van der Waals surface area contributed by atoms with Crippen LogP contribution in [0.1, 0.15) is 40.0 Å². The quantitative estimate of drug-likeness (QED) is 0.618. The maximum absolute atomic E-state index is 11.1. The molecule has 0 atom stereocenters. The molecule has 1 rings (SSSR count). The van der Waals surface area contributed by atoms with E-state index < -0.39 is 10.8 Å². The molecule has 1 heterocycles. The van der Waals surface area contributed by atoms with Gasteiger partial charge in [-0.2, -0.15) is 0 Å². The van der Waals surface area contributed by atoms with Gasteiger partial charge in [0.15, 0.2) is 0 Å². The molecule has 0 unspecified atom stereocenters. The van der Waals surface area contributed by atoms with Crippen molar-refractivity contribution >= 4 is 10.8 Å². The third-order valence-electron chi connectivity index (χ3n) is 2.41. The van der Waals surface area contributed by atoms with E-state index in [1.165, 1.54) is 19.3 Å². The minimum absolute atomic E-state index is 0.448. The summed E-state index contributed by atoms with van der Waals surface area (Å²) in [5, 5.41) is 0. The second-order valence-corrected chi connectivity index (χ2v) is 6.75. The smallest absolute Gasteiger partial charge is 0.0237 e. The molecule has 1 saturated heterocycles. The Labute approximate surface area is 78.4 Å². The fraction of sp³-hybridized carbons (Fsp3) is 1.00. The van der Waals surface area contributed by atoms with Gasteiger partial charge in [-0.05, 0) is 30.6 Å². The Morgan fingerprint density at radius 1 is 1.25 bits per heavy atom. The standard InChI is InChI=1S/C10H20OS/c1-10(2,3)8-9-4-6-12(11)7-5-9/h9H,4-8H2,1-3H3. The van der Waals surface area contributed by atoms with Crippen molar-refractivity contribution in [1.29, 1.82) is 0 Å². The number of rotatable bonds is 1. The molecule has 0 spiro atoms. The third kappa shape index (κ3) is 3.70. The van der Waals surface area contributed by atoms with Gasteiger partial charge in [0.25, 0.3) is 0 Å². The van der Waals surface area contributed by atoms with E-state index in [2.05, 4.69) is 20.8 Å². The zero-order valence-corrected chi connectivity index (χ0v) is 9.25. The minimum Gasteiger partial charge on any atom is -0.260 e. The zero-order chi connectivity index (χ0) is 9.19. The van der Waals surface area contributed by atoms with Gasteiger partial charge in [0.1, 0.15) is 0 Å². The van der Waals surface area contributed by atoms with E-state index >= 15 is 0 Å². The summed E-state index contributed by atoms with van der Waals surface area (Å²) in [6.45, 7) is 6.87. The predicted molar refractivity (Wildman–Crippen MR) is 54.7 cm³/mol. The first kappa shape index (κ1) is 10.2. The lowest BCUT2D eigenvalue weighted by Crippen LogP contribution is -2.22. The molecular formula is C10H20OS. The fourth-order valence-electron chi connectivity index (χ4n) is 1.91. The van der Waals surface area contributed by atoms with Gasteiger partial charge in [0.05, 0.1) is 0 Å². The average Bonchev–Trinajstić information content (AvgIpc) is 1.91. The molecule has 0 radical (unpaired) electrons. The second kappa shape index (κ2) is 3.91. The molecule has 2 heteroatoms. The molecule has 0 aromatic carbocycles. The fourth-order valence-corrected chi connectivity index (χ4v) is 3.31. The highest BCUT2D eigenvalue weighted by Crippen LogP contribution is 2.30. The molecule has 0 amide bonds. The van der Waals surface area contributed by atoms with Gasteiger partial charge in [0.2, 0.25) is 0 Å². The highest BCUT2D eigenvalue weighted by atomic mass is 32.2. The molecular weight excluding hydrogens is 168 g/mol. The summed E-state index contributed by atoms with van der Waals surface area (Å²) in [5.74, 6) is 2.73. The van der Waals surface area contributed by atoms with Crippen LogP contribution in [0.3, 0.4) is 0 Å². The average molecular weight is 188 g/mol. The Balaban J connectivity index is 2.31. The summed E-state index contributed by atoms with van der Waals surface area (Å²) >= 11 is 0. The molecule has 0 N–H and O–H groups in total. The van der Waals surface area contributed by atoms with Crippen molar-refractivity contribution in [3.05, 3.63) is 0 Å². The maximum Gasteiger partial charge on any atom is 0.0237 e. The second-order valence-electron chi connectivity index (χ2n) is 5.06. The first-order valence-electron chi connectivity index (χ1n) is 4.82. The van der Waals surface area contributed by atoms with Crippen molar-refractivity contribution in [3.63, 3.8) is 0 Å². The highest BCUT2D eigenvalue weighted by Gasteiger charge is 2.22. The van der Waals surface area contributed by atoms with E-state index in [1.807, 2.05) is 0 Å². The lowest BCUT2D eigenvalue weighted by molar-refractivity contribution is 0.280. The molecule has 1 aliphatic rings. The van der Waals surface area contributed by atoms with E-state index in [0.717, 1.165) is 17.4 Å². The van der Waals surface area contributed by atoms with E-state index in [4.69, 9.17) is 0 Å².